The second-order valence-corrected chi connectivity index (χ2v) is 7.02. The zero-order valence-corrected chi connectivity index (χ0v) is 17.6. The molecule has 0 spiro atoms. The number of ketones is 1. The molecule has 4 rings (SSSR count). The van der Waals surface area contributed by atoms with Crippen LogP contribution in [0.3, 0.4) is 0 Å². The van der Waals surface area contributed by atoms with Crippen molar-refractivity contribution in [3.63, 3.8) is 0 Å². The van der Waals surface area contributed by atoms with Crippen molar-refractivity contribution in [1.29, 1.82) is 0 Å². The molecule has 0 aliphatic carbocycles. The number of ether oxygens (including phenoxy) is 4. The average Bonchev–Trinajstić information content (AvgIpc) is 3.11. The van der Waals surface area contributed by atoms with Gasteiger partial charge in [0.15, 0.2) is 17.3 Å². The first-order chi connectivity index (χ1) is 15.4. The molecule has 0 atom stereocenters. The number of fused-ring (bicyclic) bond motifs is 1. The summed E-state index contributed by atoms with van der Waals surface area (Å²) in [6, 6.07) is 13.5. The third kappa shape index (κ3) is 3.92. The molecule has 0 amide bonds. The molecule has 0 fully saturated rings. The fourth-order valence-corrected chi connectivity index (χ4v) is 3.35. The highest BCUT2D eigenvalue weighted by Crippen LogP contribution is 2.40. The Morgan fingerprint density at radius 3 is 2.44 bits per heavy atom. The van der Waals surface area contributed by atoms with Crippen LogP contribution < -0.4 is 18.9 Å². The van der Waals surface area contributed by atoms with Crippen molar-refractivity contribution in [3.8, 4) is 23.0 Å². The maximum absolute atomic E-state index is 13.4. The molecule has 1 aliphatic heterocycles. The Labute approximate surface area is 183 Å². The van der Waals surface area contributed by atoms with Gasteiger partial charge in [0, 0.05) is 5.56 Å². The first-order valence-corrected chi connectivity index (χ1v) is 9.69. The number of carbonyl (C=O) groups excluding carboxylic acids is 2. The Bertz CT molecular complexity index is 1260. The van der Waals surface area contributed by atoms with Gasteiger partial charge in [-0.15, -0.1) is 0 Å². The number of hydrogen-bond acceptors (Lipinski definition) is 6. The molecule has 0 radical (unpaired) electrons. The van der Waals surface area contributed by atoms with Crippen molar-refractivity contribution in [2.24, 2.45) is 0 Å². The Morgan fingerprint density at radius 1 is 0.969 bits per heavy atom. The van der Waals surface area contributed by atoms with Crippen LogP contribution in [0, 0.1) is 12.7 Å². The Kier molecular flexibility index (Phi) is 5.64. The lowest BCUT2D eigenvalue weighted by Gasteiger charge is -2.10. The second kappa shape index (κ2) is 8.55. The number of allylic oxidation sites excluding steroid dienone is 1. The molecule has 0 aromatic heterocycles. The monoisotopic (exact) mass is 434 g/mol. The normalized spacial score (nSPS) is 13.5. The number of halogens is 1. The van der Waals surface area contributed by atoms with Gasteiger partial charge in [-0.3, -0.25) is 4.79 Å². The molecule has 0 saturated carbocycles. The van der Waals surface area contributed by atoms with Crippen molar-refractivity contribution >= 4 is 17.8 Å². The maximum atomic E-state index is 13.4. The van der Waals surface area contributed by atoms with E-state index in [-0.39, 0.29) is 22.9 Å². The van der Waals surface area contributed by atoms with Crippen molar-refractivity contribution in [1.82, 2.24) is 0 Å². The van der Waals surface area contributed by atoms with Gasteiger partial charge >= 0.3 is 5.97 Å². The summed E-state index contributed by atoms with van der Waals surface area (Å²) < 4.78 is 35.1. The van der Waals surface area contributed by atoms with Gasteiger partial charge in [-0.1, -0.05) is 12.1 Å². The van der Waals surface area contributed by atoms with E-state index < -0.39 is 11.8 Å². The molecule has 32 heavy (non-hydrogen) atoms. The van der Waals surface area contributed by atoms with Crippen molar-refractivity contribution in [2.45, 2.75) is 6.92 Å². The smallest absolute Gasteiger partial charge is 0.343 e. The van der Waals surface area contributed by atoms with Crippen molar-refractivity contribution < 1.29 is 32.9 Å². The van der Waals surface area contributed by atoms with Crippen LogP contribution in [-0.4, -0.2) is 26.0 Å². The number of methoxy groups -OCH3 is 2. The summed E-state index contributed by atoms with van der Waals surface area (Å²) in [5.74, 6) is 0.209. The van der Waals surface area contributed by atoms with Crippen molar-refractivity contribution in [2.75, 3.05) is 14.2 Å². The minimum Gasteiger partial charge on any atom is -0.493 e. The molecule has 6 nitrogen and oxygen atoms in total. The molecule has 3 aromatic carbocycles. The molecule has 1 aliphatic rings. The summed E-state index contributed by atoms with van der Waals surface area (Å²) >= 11 is 0. The standard InChI is InChI=1S/C25H19FO6/c1-14-19(32-25(28)16-5-4-6-17(26)13-16)10-8-18-23(27)22(31-24(14)18)12-15-7-9-20(29-2)21(11-15)30-3/h4-13H,1-3H3/b22-12-. The van der Waals surface area contributed by atoms with Crippen molar-refractivity contribution in [3.05, 3.63) is 88.4 Å². The minimum absolute atomic E-state index is 0.0796. The lowest BCUT2D eigenvalue weighted by atomic mass is 10.1. The van der Waals surface area contributed by atoms with Crippen LogP contribution in [-0.2, 0) is 0 Å². The van der Waals surface area contributed by atoms with E-state index in [0.29, 0.717) is 33.9 Å². The zero-order chi connectivity index (χ0) is 22.8. The quantitative estimate of drug-likeness (QED) is 0.320. The SMILES string of the molecule is COc1ccc(/C=C2\Oc3c(ccc(OC(=O)c4cccc(F)c4)c3C)C2=O)cc1OC. The van der Waals surface area contributed by atoms with Gasteiger partial charge in [-0.05, 0) is 61.0 Å². The van der Waals surface area contributed by atoms with Crippen LogP contribution in [0.25, 0.3) is 6.08 Å². The number of Topliss-reactive ketones (excluding diaryl/α,β-unsaturated/α-hetero) is 1. The summed E-state index contributed by atoms with van der Waals surface area (Å²) in [6.07, 6.45) is 1.60. The van der Waals surface area contributed by atoms with E-state index in [4.69, 9.17) is 18.9 Å². The highest BCUT2D eigenvalue weighted by molar-refractivity contribution is 6.15. The summed E-state index contributed by atoms with van der Waals surface area (Å²) in [4.78, 5) is 25.2. The first-order valence-electron chi connectivity index (χ1n) is 9.69. The lowest BCUT2D eigenvalue weighted by molar-refractivity contribution is 0.0732. The fraction of sp³-hybridized carbons (Fsp3) is 0.120. The van der Waals surface area contributed by atoms with Gasteiger partial charge in [-0.2, -0.15) is 0 Å². The van der Waals surface area contributed by atoms with E-state index in [0.717, 1.165) is 6.07 Å². The highest BCUT2D eigenvalue weighted by Gasteiger charge is 2.30. The summed E-state index contributed by atoms with van der Waals surface area (Å²) in [6.45, 7) is 1.68. The number of carbonyl (C=O) groups is 2. The van der Waals surface area contributed by atoms with E-state index in [1.165, 1.54) is 44.6 Å². The predicted molar refractivity (Wildman–Crippen MR) is 115 cm³/mol. The predicted octanol–water partition coefficient (Wildman–Crippen LogP) is 4.99. The summed E-state index contributed by atoms with van der Waals surface area (Å²) in [5.41, 5.74) is 1.61. The summed E-state index contributed by atoms with van der Waals surface area (Å²) in [5, 5.41) is 0. The molecule has 0 N–H and O–H groups in total. The zero-order valence-electron chi connectivity index (χ0n) is 17.6. The molecule has 1 heterocycles. The second-order valence-electron chi connectivity index (χ2n) is 7.02. The van der Waals surface area contributed by atoms with E-state index in [2.05, 4.69) is 0 Å². The third-order valence-corrected chi connectivity index (χ3v) is 5.00. The summed E-state index contributed by atoms with van der Waals surface area (Å²) in [7, 11) is 3.07. The molecule has 7 heteroatoms. The van der Waals surface area contributed by atoms with Gasteiger partial charge in [-0.25, -0.2) is 9.18 Å². The molecular formula is C25H19FO6. The van der Waals surface area contributed by atoms with Crippen LogP contribution in [0.5, 0.6) is 23.0 Å². The van der Waals surface area contributed by atoms with Gasteiger partial charge in [0.2, 0.25) is 5.78 Å². The molecule has 0 saturated heterocycles. The molecule has 3 aromatic rings. The Morgan fingerprint density at radius 2 is 1.72 bits per heavy atom. The maximum Gasteiger partial charge on any atom is 0.343 e. The fourth-order valence-electron chi connectivity index (χ4n) is 3.35. The number of esters is 1. The van der Waals surface area contributed by atoms with Crippen LogP contribution in [0.1, 0.15) is 31.8 Å². The van der Waals surface area contributed by atoms with Gasteiger partial charge in [0.25, 0.3) is 0 Å². The Hall–Kier alpha value is -4.13. The van der Waals surface area contributed by atoms with E-state index in [9.17, 15) is 14.0 Å². The molecular weight excluding hydrogens is 415 g/mol. The number of benzene rings is 3. The van der Waals surface area contributed by atoms with E-state index in [1.807, 2.05) is 0 Å². The molecule has 0 bridgehead atoms. The first kappa shape index (κ1) is 21.1. The van der Waals surface area contributed by atoms with Crippen LogP contribution >= 0.6 is 0 Å². The van der Waals surface area contributed by atoms with Crippen LogP contribution in [0.2, 0.25) is 0 Å². The van der Waals surface area contributed by atoms with Gasteiger partial charge in [0.05, 0.1) is 25.3 Å². The molecule has 0 unspecified atom stereocenters. The topological polar surface area (TPSA) is 71.1 Å². The van der Waals surface area contributed by atoms with Gasteiger partial charge < -0.3 is 18.9 Å². The van der Waals surface area contributed by atoms with Crippen LogP contribution in [0.4, 0.5) is 4.39 Å². The van der Waals surface area contributed by atoms with Crippen LogP contribution in [0.15, 0.2) is 60.4 Å². The third-order valence-electron chi connectivity index (χ3n) is 5.00. The minimum atomic E-state index is -0.710. The van der Waals surface area contributed by atoms with Gasteiger partial charge in [0.1, 0.15) is 17.3 Å². The Balaban J connectivity index is 1.61. The van der Waals surface area contributed by atoms with E-state index in [1.54, 1.807) is 31.2 Å². The largest absolute Gasteiger partial charge is 0.493 e. The lowest BCUT2D eigenvalue weighted by Crippen LogP contribution is -2.09. The number of rotatable bonds is 5. The highest BCUT2D eigenvalue weighted by atomic mass is 19.1. The van der Waals surface area contributed by atoms with E-state index >= 15 is 0 Å². The number of hydrogen-bond donors (Lipinski definition) is 0. The molecule has 162 valence electrons. The average molecular weight is 434 g/mol.